The molecule has 1 aromatic carbocycles. The topological polar surface area (TPSA) is 66.4 Å². The van der Waals surface area contributed by atoms with Gasteiger partial charge in [0.25, 0.3) is 0 Å². The van der Waals surface area contributed by atoms with Gasteiger partial charge in [0.05, 0.1) is 12.8 Å². The molecule has 0 aromatic heterocycles. The lowest BCUT2D eigenvalue weighted by Crippen LogP contribution is -2.45. The number of carbonyl (C=O) groups excluding carboxylic acids is 1. The van der Waals surface area contributed by atoms with E-state index < -0.39 is 17.8 Å². The third-order valence-electron chi connectivity index (χ3n) is 3.01. The zero-order valence-electron chi connectivity index (χ0n) is 11.9. The summed E-state index contributed by atoms with van der Waals surface area (Å²) >= 11 is 0. The lowest BCUT2D eigenvalue weighted by Gasteiger charge is -2.30. The van der Waals surface area contributed by atoms with Crippen molar-refractivity contribution in [1.82, 2.24) is 5.32 Å². The van der Waals surface area contributed by atoms with Crippen molar-refractivity contribution in [1.29, 1.82) is 0 Å². The Balaban J connectivity index is 2.69. The van der Waals surface area contributed by atoms with Crippen LogP contribution in [0.4, 0.5) is 4.39 Å². The Morgan fingerprint density at radius 1 is 1.35 bits per heavy atom. The van der Waals surface area contributed by atoms with Crippen molar-refractivity contribution < 1.29 is 19.1 Å². The molecule has 1 atom stereocenters. The largest absolute Gasteiger partial charge is 0.481 e. The lowest BCUT2D eigenvalue weighted by atomic mass is 9.84. The summed E-state index contributed by atoms with van der Waals surface area (Å²) < 4.78 is 13.0. The molecule has 1 unspecified atom stereocenters. The molecule has 2 N–H and O–H groups in total. The van der Waals surface area contributed by atoms with Crippen LogP contribution >= 0.6 is 0 Å². The first-order valence-electron chi connectivity index (χ1n) is 6.44. The number of hydrogen-bond donors (Lipinski definition) is 2. The Kier molecular flexibility index (Phi) is 5.25. The first-order valence-corrected chi connectivity index (χ1v) is 6.44. The second kappa shape index (κ2) is 6.50. The first-order chi connectivity index (χ1) is 9.18. The van der Waals surface area contributed by atoms with Crippen molar-refractivity contribution in [3.63, 3.8) is 0 Å². The number of rotatable bonds is 5. The number of carboxylic acids is 1. The van der Waals surface area contributed by atoms with Gasteiger partial charge in [0.1, 0.15) is 5.82 Å². The van der Waals surface area contributed by atoms with E-state index in [0.717, 1.165) is 0 Å². The van der Waals surface area contributed by atoms with E-state index >= 15 is 0 Å². The van der Waals surface area contributed by atoms with E-state index in [4.69, 9.17) is 5.11 Å². The van der Waals surface area contributed by atoms with Crippen LogP contribution in [-0.4, -0.2) is 23.0 Å². The van der Waals surface area contributed by atoms with Crippen LogP contribution in [0.25, 0.3) is 0 Å². The highest BCUT2D eigenvalue weighted by atomic mass is 19.1. The summed E-state index contributed by atoms with van der Waals surface area (Å²) in [5, 5.41) is 11.6. The van der Waals surface area contributed by atoms with Gasteiger partial charge in [-0.2, -0.15) is 0 Å². The number of carbonyl (C=O) groups is 2. The molecule has 0 fully saturated rings. The number of nitrogens with one attached hydrogen (secondary N) is 1. The SMILES string of the molecule is CC(C)(C)C(CC(=O)O)NC(=O)Cc1cccc(F)c1. The minimum absolute atomic E-state index is 0.0317. The summed E-state index contributed by atoms with van der Waals surface area (Å²) in [6.45, 7) is 5.59. The molecule has 0 aliphatic carbocycles. The molecule has 20 heavy (non-hydrogen) atoms. The monoisotopic (exact) mass is 281 g/mol. The molecule has 1 aromatic rings. The third-order valence-corrected chi connectivity index (χ3v) is 3.01. The minimum atomic E-state index is -0.962. The molecule has 0 aliphatic heterocycles. The van der Waals surface area contributed by atoms with Crippen molar-refractivity contribution in [2.75, 3.05) is 0 Å². The smallest absolute Gasteiger partial charge is 0.305 e. The van der Waals surface area contributed by atoms with Crippen LogP contribution in [0.15, 0.2) is 24.3 Å². The maximum Gasteiger partial charge on any atom is 0.305 e. The van der Waals surface area contributed by atoms with Crippen molar-refractivity contribution in [2.24, 2.45) is 5.41 Å². The number of aliphatic carboxylic acids is 1. The van der Waals surface area contributed by atoms with E-state index in [-0.39, 0.29) is 24.2 Å². The van der Waals surface area contributed by atoms with Crippen molar-refractivity contribution in [2.45, 2.75) is 39.7 Å². The maximum absolute atomic E-state index is 13.0. The molecule has 0 radical (unpaired) electrons. The van der Waals surface area contributed by atoms with Crippen LogP contribution in [0.2, 0.25) is 0 Å². The molecule has 0 bridgehead atoms. The van der Waals surface area contributed by atoms with E-state index in [1.807, 2.05) is 20.8 Å². The molecule has 110 valence electrons. The van der Waals surface area contributed by atoms with Crippen LogP contribution in [-0.2, 0) is 16.0 Å². The Morgan fingerprint density at radius 2 is 2.00 bits per heavy atom. The Hall–Kier alpha value is -1.91. The van der Waals surface area contributed by atoms with E-state index in [1.165, 1.54) is 18.2 Å². The van der Waals surface area contributed by atoms with Crippen LogP contribution < -0.4 is 5.32 Å². The van der Waals surface area contributed by atoms with Gasteiger partial charge in [0, 0.05) is 6.04 Å². The quantitative estimate of drug-likeness (QED) is 0.870. The molecular formula is C15H20FNO3. The van der Waals surface area contributed by atoms with Gasteiger partial charge in [-0.3, -0.25) is 9.59 Å². The summed E-state index contributed by atoms with van der Waals surface area (Å²) in [5.41, 5.74) is 0.196. The van der Waals surface area contributed by atoms with Crippen LogP contribution in [0, 0.1) is 11.2 Å². The molecule has 0 aliphatic rings. The van der Waals surface area contributed by atoms with E-state index in [9.17, 15) is 14.0 Å². The predicted molar refractivity (Wildman–Crippen MR) is 73.7 cm³/mol. The molecule has 1 rings (SSSR count). The van der Waals surface area contributed by atoms with Gasteiger partial charge in [-0.25, -0.2) is 4.39 Å². The fourth-order valence-electron chi connectivity index (χ4n) is 1.83. The average Bonchev–Trinajstić information content (AvgIpc) is 2.26. The van der Waals surface area contributed by atoms with Crippen molar-refractivity contribution in [3.05, 3.63) is 35.6 Å². The molecule has 1 amide bonds. The number of amides is 1. The zero-order chi connectivity index (χ0) is 15.3. The summed E-state index contributed by atoms with van der Waals surface area (Å²) in [4.78, 5) is 22.8. The molecule has 5 heteroatoms. The van der Waals surface area contributed by atoms with Crippen LogP contribution in [0.1, 0.15) is 32.8 Å². The summed E-state index contributed by atoms with van der Waals surface area (Å²) in [6, 6.07) is 5.33. The van der Waals surface area contributed by atoms with Crippen LogP contribution in [0.5, 0.6) is 0 Å². The van der Waals surface area contributed by atoms with Gasteiger partial charge in [0.15, 0.2) is 0 Å². The van der Waals surface area contributed by atoms with Crippen LogP contribution in [0.3, 0.4) is 0 Å². The summed E-state index contributed by atoms with van der Waals surface area (Å²) in [7, 11) is 0. The average molecular weight is 281 g/mol. The summed E-state index contributed by atoms with van der Waals surface area (Å²) in [6.07, 6.45) is -0.109. The van der Waals surface area contributed by atoms with E-state index in [2.05, 4.69) is 5.32 Å². The maximum atomic E-state index is 13.0. The van der Waals surface area contributed by atoms with Gasteiger partial charge in [-0.05, 0) is 23.1 Å². The Morgan fingerprint density at radius 3 is 2.50 bits per heavy atom. The highest BCUT2D eigenvalue weighted by Crippen LogP contribution is 2.22. The highest BCUT2D eigenvalue weighted by molar-refractivity contribution is 5.79. The fraction of sp³-hybridized carbons (Fsp3) is 0.467. The van der Waals surface area contributed by atoms with Gasteiger partial charge >= 0.3 is 5.97 Å². The third kappa shape index (κ3) is 5.38. The normalized spacial score (nSPS) is 12.8. The molecule has 0 saturated carbocycles. The molecular weight excluding hydrogens is 261 g/mol. The van der Waals surface area contributed by atoms with Gasteiger partial charge in [0.2, 0.25) is 5.91 Å². The van der Waals surface area contributed by atoms with Crippen molar-refractivity contribution in [3.8, 4) is 0 Å². The number of halogens is 1. The second-order valence-electron chi connectivity index (χ2n) is 5.89. The highest BCUT2D eigenvalue weighted by Gasteiger charge is 2.28. The van der Waals surface area contributed by atoms with Gasteiger partial charge in [-0.15, -0.1) is 0 Å². The lowest BCUT2D eigenvalue weighted by molar-refractivity contribution is -0.138. The fourth-order valence-corrected chi connectivity index (χ4v) is 1.83. The first kappa shape index (κ1) is 16.1. The molecule has 0 heterocycles. The van der Waals surface area contributed by atoms with Gasteiger partial charge in [-0.1, -0.05) is 32.9 Å². The Labute approximate surface area is 118 Å². The minimum Gasteiger partial charge on any atom is -0.481 e. The second-order valence-corrected chi connectivity index (χ2v) is 5.89. The molecule has 0 spiro atoms. The van der Waals surface area contributed by atoms with E-state index in [0.29, 0.717) is 5.56 Å². The number of carboxylic acid groups (broad SMARTS) is 1. The molecule has 0 saturated heterocycles. The Bertz CT molecular complexity index is 494. The summed E-state index contributed by atoms with van der Waals surface area (Å²) in [5.74, 6) is -1.67. The van der Waals surface area contributed by atoms with Gasteiger partial charge < -0.3 is 10.4 Å². The van der Waals surface area contributed by atoms with Crippen molar-refractivity contribution >= 4 is 11.9 Å². The number of benzene rings is 1. The zero-order valence-corrected chi connectivity index (χ0v) is 11.9. The number of hydrogen-bond acceptors (Lipinski definition) is 2. The molecule has 4 nitrogen and oxygen atoms in total. The standard InChI is InChI=1S/C15H20FNO3/c1-15(2,3)12(9-14(19)20)17-13(18)8-10-5-4-6-11(16)7-10/h4-7,12H,8-9H2,1-3H3,(H,17,18)(H,19,20). The predicted octanol–water partition coefficient (Wildman–Crippen LogP) is 2.37. The van der Waals surface area contributed by atoms with E-state index in [1.54, 1.807) is 6.07 Å².